The van der Waals surface area contributed by atoms with Crippen molar-refractivity contribution >= 4 is 5.91 Å². The zero-order valence-corrected chi connectivity index (χ0v) is 15.2. The van der Waals surface area contributed by atoms with Crippen LogP contribution in [0.1, 0.15) is 48.7 Å². The normalized spacial score (nSPS) is 20.3. The molecule has 2 heterocycles. The van der Waals surface area contributed by atoms with Gasteiger partial charge in [-0.2, -0.15) is 0 Å². The molecule has 2 aromatic rings. The zero-order valence-electron chi connectivity index (χ0n) is 15.2. The molecule has 1 aliphatic rings. The van der Waals surface area contributed by atoms with Gasteiger partial charge in [-0.3, -0.25) is 4.79 Å². The van der Waals surface area contributed by atoms with Gasteiger partial charge in [0.15, 0.2) is 0 Å². The van der Waals surface area contributed by atoms with E-state index in [1.807, 2.05) is 54.8 Å². The molecule has 0 saturated carbocycles. The molecule has 1 aliphatic heterocycles. The van der Waals surface area contributed by atoms with Crippen molar-refractivity contribution in [3.05, 3.63) is 53.6 Å². The van der Waals surface area contributed by atoms with Crippen LogP contribution in [0.2, 0.25) is 0 Å². The number of aryl methyl sites for hydroxylation is 2. The summed E-state index contributed by atoms with van der Waals surface area (Å²) in [5, 5.41) is 10.7. The van der Waals surface area contributed by atoms with Crippen molar-refractivity contribution < 1.29 is 9.90 Å². The fourth-order valence-corrected chi connectivity index (χ4v) is 3.70. The van der Waals surface area contributed by atoms with E-state index in [1.165, 1.54) is 5.56 Å². The Bertz CT molecular complexity index is 740. The summed E-state index contributed by atoms with van der Waals surface area (Å²) in [4.78, 5) is 19.1. The highest BCUT2D eigenvalue weighted by atomic mass is 16.3. The van der Waals surface area contributed by atoms with E-state index in [1.54, 1.807) is 6.20 Å². The number of hydrogen-bond acceptors (Lipinski definition) is 3. The summed E-state index contributed by atoms with van der Waals surface area (Å²) >= 11 is 0. The predicted molar refractivity (Wildman–Crippen MR) is 97.1 cm³/mol. The van der Waals surface area contributed by atoms with Crippen LogP contribution in [0.4, 0.5) is 0 Å². The lowest BCUT2D eigenvalue weighted by Gasteiger charge is -2.36. The van der Waals surface area contributed by atoms with E-state index in [9.17, 15) is 9.90 Å². The lowest BCUT2D eigenvalue weighted by Crippen LogP contribution is -2.43. The van der Waals surface area contributed by atoms with Gasteiger partial charge in [0, 0.05) is 38.4 Å². The van der Waals surface area contributed by atoms with Crippen LogP contribution < -0.4 is 0 Å². The monoisotopic (exact) mass is 341 g/mol. The molecule has 3 unspecified atom stereocenters. The summed E-state index contributed by atoms with van der Waals surface area (Å²) in [6, 6.07) is 8.13. The minimum atomic E-state index is -0.634. The Hall–Kier alpha value is -2.14. The number of likely N-dealkylation sites (tertiary alicyclic amines) is 1. The van der Waals surface area contributed by atoms with Crippen LogP contribution in [0.15, 0.2) is 36.7 Å². The number of nitrogens with zero attached hydrogens (tertiary/aromatic N) is 3. The van der Waals surface area contributed by atoms with Crippen molar-refractivity contribution in [2.75, 3.05) is 13.1 Å². The Morgan fingerprint density at radius 3 is 2.88 bits per heavy atom. The second-order valence-electron chi connectivity index (χ2n) is 7.16. The van der Waals surface area contributed by atoms with Gasteiger partial charge in [0.1, 0.15) is 11.9 Å². The number of carbonyl (C=O) groups is 1. The average Bonchev–Trinajstić information content (AvgIpc) is 3.06. The first-order valence-electron chi connectivity index (χ1n) is 8.98. The number of imidazole rings is 1. The van der Waals surface area contributed by atoms with Gasteiger partial charge < -0.3 is 14.6 Å². The molecule has 5 heteroatoms. The van der Waals surface area contributed by atoms with Crippen molar-refractivity contribution in [1.29, 1.82) is 0 Å². The Morgan fingerprint density at radius 2 is 2.20 bits per heavy atom. The lowest BCUT2D eigenvalue weighted by molar-refractivity contribution is -0.135. The van der Waals surface area contributed by atoms with Crippen LogP contribution in [0.3, 0.4) is 0 Å². The van der Waals surface area contributed by atoms with Gasteiger partial charge in [-0.15, -0.1) is 0 Å². The Balaban J connectivity index is 1.70. The molecule has 1 aromatic heterocycles. The third-order valence-corrected chi connectivity index (χ3v) is 5.25. The van der Waals surface area contributed by atoms with Crippen molar-refractivity contribution in [2.45, 2.75) is 38.7 Å². The smallest absolute Gasteiger partial charge is 0.229 e. The maximum Gasteiger partial charge on any atom is 0.229 e. The van der Waals surface area contributed by atoms with E-state index >= 15 is 0 Å². The topological polar surface area (TPSA) is 58.4 Å². The minimum Gasteiger partial charge on any atom is -0.385 e. The number of aliphatic hydroxyl groups excluding tert-OH is 1. The van der Waals surface area contributed by atoms with E-state index in [0.29, 0.717) is 12.4 Å². The minimum absolute atomic E-state index is 0.0310. The highest BCUT2D eigenvalue weighted by Crippen LogP contribution is 2.30. The lowest BCUT2D eigenvalue weighted by atomic mass is 9.90. The molecule has 1 amide bonds. The van der Waals surface area contributed by atoms with E-state index < -0.39 is 6.10 Å². The standard InChI is InChI=1S/C20H27N3O2/c1-14-6-4-7-16(12-14)15(2)20(25)23-10-5-8-17(13-23)18(24)19-21-9-11-22(19)3/h4,6-7,9,11-12,15,17-18,24H,5,8,10,13H2,1-3H3. The largest absolute Gasteiger partial charge is 0.385 e. The molecule has 1 aromatic carbocycles. The number of hydrogen-bond donors (Lipinski definition) is 1. The Kier molecular flexibility index (Phi) is 5.23. The quantitative estimate of drug-likeness (QED) is 0.930. The van der Waals surface area contributed by atoms with Crippen molar-refractivity contribution in [3.8, 4) is 0 Å². The maximum atomic E-state index is 13.0. The second-order valence-corrected chi connectivity index (χ2v) is 7.16. The summed E-state index contributed by atoms with van der Waals surface area (Å²) in [5.74, 6) is 0.681. The summed E-state index contributed by atoms with van der Waals surface area (Å²) in [5.41, 5.74) is 2.22. The Morgan fingerprint density at radius 1 is 1.40 bits per heavy atom. The zero-order chi connectivity index (χ0) is 18.0. The molecule has 134 valence electrons. The number of rotatable bonds is 4. The molecule has 0 spiro atoms. The molecule has 1 N–H and O–H groups in total. The van der Waals surface area contributed by atoms with E-state index in [-0.39, 0.29) is 17.7 Å². The number of aliphatic hydroxyl groups is 1. The molecule has 3 rings (SSSR count). The second kappa shape index (κ2) is 7.40. The molecule has 1 saturated heterocycles. The van der Waals surface area contributed by atoms with Crippen molar-refractivity contribution in [1.82, 2.24) is 14.5 Å². The van der Waals surface area contributed by atoms with Crippen LogP contribution in [0.5, 0.6) is 0 Å². The third-order valence-electron chi connectivity index (χ3n) is 5.25. The third kappa shape index (κ3) is 3.76. The van der Waals surface area contributed by atoms with Crippen LogP contribution in [-0.2, 0) is 11.8 Å². The maximum absolute atomic E-state index is 13.0. The highest BCUT2D eigenvalue weighted by Gasteiger charge is 2.32. The Labute approximate surface area is 149 Å². The number of benzene rings is 1. The van der Waals surface area contributed by atoms with Crippen LogP contribution in [0, 0.1) is 12.8 Å². The molecule has 25 heavy (non-hydrogen) atoms. The van der Waals surface area contributed by atoms with Gasteiger partial charge >= 0.3 is 0 Å². The molecule has 1 fully saturated rings. The number of piperidine rings is 1. The van der Waals surface area contributed by atoms with Crippen LogP contribution in [0.25, 0.3) is 0 Å². The number of aromatic nitrogens is 2. The first-order chi connectivity index (χ1) is 12.0. The highest BCUT2D eigenvalue weighted by molar-refractivity contribution is 5.83. The summed E-state index contributed by atoms with van der Waals surface area (Å²) in [6.45, 7) is 5.36. The van der Waals surface area contributed by atoms with Crippen LogP contribution in [-0.4, -0.2) is 38.6 Å². The first kappa shape index (κ1) is 17.7. The summed E-state index contributed by atoms with van der Waals surface area (Å²) in [6.07, 6.45) is 4.73. The van der Waals surface area contributed by atoms with E-state index in [4.69, 9.17) is 0 Å². The van der Waals surface area contributed by atoms with Gasteiger partial charge in [-0.1, -0.05) is 29.8 Å². The summed E-state index contributed by atoms with van der Waals surface area (Å²) in [7, 11) is 1.89. The molecular formula is C20H27N3O2. The van der Waals surface area contributed by atoms with E-state index in [0.717, 1.165) is 24.9 Å². The van der Waals surface area contributed by atoms with Gasteiger partial charge in [0.2, 0.25) is 5.91 Å². The van der Waals surface area contributed by atoms with Crippen molar-refractivity contribution in [2.24, 2.45) is 13.0 Å². The first-order valence-corrected chi connectivity index (χ1v) is 8.98. The van der Waals surface area contributed by atoms with Gasteiger partial charge in [-0.25, -0.2) is 4.98 Å². The predicted octanol–water partition coefficient (Wildman–Crippen LogP) is 2.80. The SMILES string of the molecule is Cc1cccc(C(C)C(=O)N2CCCC(C(O)c3nccn3C)C2)c1. The van der Waals surface area contributed by atoms with Gasteiger partial charge in [0.25, 0.3) is 0 Å². The van der Waals surface area contributed by atoms with E-state index in [2.05, 4.69) is 11.1 Å². The molecule has 0 radical (unpaired) electrons. The van der Waals surface area contributed by atoms with Gasteiger partial charge in [0.05, 0.1) is 5.92 Å². The average molecular weight is 341 g/mol. The van der Waals surface area contributed by atoms with Crippen molar-refractivity contribution in [3.63, 3.8) is 0 Å². The van der Waals surface area contributed by atoms with Crippen LogP contribution >= 0.6 is 0 Å². The molecular weight excluding hydrogens is 314 g/mol. The fraction of sp³-hybridized carbons (Fsp3) is 0.500. The number of carbonyl (C=O) groups excluding carboxylic acids is 1. The fourth-order valence-electron chi connectivity index (χ4n) is 3.70. The molecule has 5 nitrogen and oxygen atoms in total. The molecule has 0 aliphatic carbocycles. The summed E-state index contributed by atoms with van der Waals surface area (Å²) < 4.78 is 1.85. The number of amides is 1. The molecule has 3 atom stereocenters. The molecule has 0 bridgehead atoms. The van der Waals surface area contributed by atoms with Gasteiger partial charge in [-0.05, 0) is 32.3 Å².